The molecular weight excluding hydrogens is 284 g/mol. The number of rotatable bonds is 6. The number of anilines is 2. The molecule has 1 fully saturated rings. The van der Waals surface area contributed by atoms with Crippen molar-refractivity contribution in [2.45, 2.75) is 71.4 Å². The molecule has 1 saturated carbocycles. The van der Waals surface area contributed by atoms with Gasteiger partial charge in [-0.25, -0.2) is 0 Å². The molecule has 1 heterocycles. The van der Waals surface area contributed by atoms with Crippen molar-refractivity contribution in [2.24, 2.45) is 0 Å². The van der Waals surface area contributed by atoms with Crippen LogP contribution in [-0.2, 0) is 0 Å². The van der Waals surface area contributed by atoms with Gasteiger partial charge in [0, 0.05) is 12.5 Å². The first kappa shape index (κ1) is 16.1. The van der Waals surface area contributed by atoms with E-state index in [-0.39, 0.29) is 11.9 Å². The molecule has 0 aliphatic heterocycles. The third kappa shape index (κ3) is 3.90. The van der Waals surface area contributed by atoms with Crippen molar-refractivity contribution in [1.82, 2.24) is 0 Å². The number of hydrogen-bond donors (Lipinski definition) is 2. The lowest BCUT2D eigenvalue weighted by molar-refractivity contribution is 0.0992. The van der Waals surface area contributed by atoms with E-state index in [2.05, 4.69) is 5.32 Å². The van der Waals surface area contributed by atoms with E-state index in [1.54, 1.807) is 0 Å². The first-order valence-electron chi connectivity index (χ1n) is 7.91. The summed E-state index contributed by atoms with van der Waals surface area (Å²) in [7, 11) is 0. The van der Waals surface area contributed by atoms with Crippen molar-refractivity contribution in [2.75, 3.05) is 11.1 Å². The molecule has 0 unspecified atom stereocenters. The Morgan fingerprint density at radius 1 is 1.38 bits per heavy atom. The maximum atomic E-state index is 12.0. The van der Waals surface area contributed by atoms with Gasteiger partial charge >= 0.3 is 0 Å². The van der Waals surface area contributed by atoms with Gasteiger partial charge in [-0.15, -0.1) is 11.3 Å². The zero-order valence-corrected chi connectivity index (χ0v) is 14.0. The number of carbonyl (C=O) groups is 1. The Balaban J connectivity index is 2.26. The third-order valence-electron chi connectivity index (χ3n) is 3.77. The molecule has 0 saturated heterocycles. The van der Waals surface area contributed by atoms with Crippen LogP contribution in [0.4, 0.5) is 10.7 Å². The van der Waals surface area contributed by atoms with E-state index in [1.807, 2.05) is 20.8 Å². The van der Waals surface area contributed by atoms with Gasteiger partial charge in [0.25, 0.3) is 0 Å². The van der Waals surface area contributed by atoms with E-state index in [1.165, 1.54) is 43.4 Å². The van der Waals surface area contributed by atoms with Crippen molar-refractivity contribution < 1.29 is 9.53 Å². The minimum atomic E-state index is 0.0402. The molecular formula is C16H26N2O2S. The van der Waals surface area contributed by atoms with Gasteiger partial charge in [-0.3, -0.25) is 4.79 Å². The molecule has 0 radical (unpaired) electrons. The van der Waals surface area contributed by atoms with Gasteiger partial charge in [-0.1, -0.05) is 26.2 Å². The zero-order valence-electron chi connectivity index (χ0n) is 13.2. The molecule has 5 heteroatoms. The number of nitrogens with one attached hydrogen (secondary N) is 1. The number of nitrogens with two attached hydrogens (primary N) is 1. The van der Waals surface area contributed by atoms with Crippen LogP contribution in [0.5, 0.6) is 5.75 Å². The largest absolute Gasteiger partial charge is 0.486 e. The first-order valence-corrected chi connectivity index (χ1v) is 8.73. The summed E-state index contributed by atoms with van der Waals surface area (Å²) < 4.78 is 5.86. The van der Waals surface area contributed by atoms with Crippen molar-refractivity contribution in [1.29, 1.82) is 0 Å². The average Bonchev–Trinajstić information content (AvgIpc) is 2.76. The minimum Gasteiger partial charge on any atom is -0.486 e. The molecule has 0 spiro atoms. The lowest BCUT2D eigenvalue weighted by atomic mass is 9.96. The van der Waals surface area contributed by atoms with Crippen molar-refractivity contribution >= 4 is 27.8 Å². The summed E-state index contributed by atoms with van der Waals surface area (Å²) >= 11 is 1.44. The second kappa shape index (κ2) is 7.16. The Morgan fingerprint density at radius 3 is 2.62 bits per heavy atom. The van der Waals surface area contributed by atoms with Crippen molar-refractivity contribution in [3.05, 3.63) is 4.88 Å². The highest BCUT2D eigenvalue weighted by atomic mass is 32.1. The number of carbonyl (C=O) groups excluding carboxylic acids is 1. The summed E-state index contributed by atoms with van der Waals surface area (Å²) in [5.74, 6) is 0.750. The fourth-order valence-corrected chi connectivity index (χ4v) is 3.82. The lowest BCUT2D eigenvalue weighted by Crippen LogP contribution is -2.22. The van der Waals surface area contributed by atoms with Gasteiger partial charge < -0.3 is 15.8 Å². The monoisotopic (exact) mass is 310 g/mol. The fourth-order valence-electron chi connectivity index (χ4n) is 2.68. The standard InChI is InChI=1S/C16H26N2O2S/c1-4-12(19)15-13(17)14(20-10(2)3)16(21-15)18-11-8-6-5-7-9-11/h10-11,18H,4-9,17H2,1-3H3. The molecule has 0 amide bonds. The molecule has 118 valence electrons. The van der Waals surface area contributed by atoms with E-state index in [4.69, 9.17) is 10.5 Å². The van der Waals surface area contributed by atoms with Crippen LogP contribution in [0.2, 0.25) is 0 Å². The smallest absolute Gasteiger partial charge is 0.177 e. The van der Waals surface area contributed by atoms with E-state index < -0.39 is 0 Å². The molecule has 0 atom stereocenters. The number of hydrogen-bond acceptors (Lipinski definition) is 5. The Morgan fingerprint density at radius 2 is 2.05 bits per heavy atom. The average molecular weight is 310 g/mol. The molecule has 21 heavy (non-hydrogen) atoms. The molecule has 0 bridgehead atoms. The summed E-state index contributed by atoms with van der Waals surface area (Å²) in [6, 6.07) is 0.468. The predicted octanol–water partition coefficient (Wildman–Crippen LogP) is 4.45. The third-order valence-corrected chi connectivity index (χ3v) is 4.93. The van der Waals surface area contributed by atoms with Crippen LogP contribution in [0.3, 0.4) is 0 Å². The molecule has 1 aliphatic carbocycles. The number of ether oxygens (including phenoxy) is 1. The van der Waals surface area contributed by atoms with Gasteiger partial charge in [-0.05, 0) is 26.7 Å². The molecule has 3 N–H and O–H groups in total. The highest BCUT2D eigenvalue weighted by molar-refractivity contribution is 7.19. The number of Topliss-reactive ketones (excluding diaryl/α,β-unsaturated/α-hetero) is 1. The highest BCUT2D eigenvalue weighted by Crippen LogP contribution is 2.44. The normalized spacial score (nSPS) is 16.2. The number of thiophene rings is 1. The molecule has 2 rings (SSSR count). The SMILES string of the molecule is CCC(=O)c1sc(NC2CCCCC2)c(OC(C)C)c1N. The maximum Gasteiger partial charge on any atom is 0.177 e. The molecule has 1 aliphatic rings. The first-order chi connectivity index (χ1) is 10.0. The van der Waals surface area contributed by atoms with E-state index in [0.717, 1.165) is 5.00 Å². The van der Waals surface area contributed by atoms with Crippen LogP contribution in [0, 0.1) is 0 Å². The summed E-state index contributed by atoms with van der Waals surface area (Å²) in [4.78, 5) is 12.7. The molecule has 1 aromatic heterocycles. The highest BCUT2D eigenvalue weighted by Gasteiger charge is 2.24. The van der Waals surface area contributed by atoms with Crippen LogP contribution < -0.4 is 15.8 Å². The maximum absolute atomic E-state index is 12.0. The van der Waals surface area contributed by atoms with Gasteiger partial charge in [0.1, 0.15) is 5.00 Å². The van der Waals surface area contributed by atoms with Gasteiger partial charge in [0.15, 0.2) is 11.5 Å². The Kier molecular flexibility index (Phi) is 5.51. The van der Waals surface area contributed by atoms with E-state index in [9.17, 15) is 4.79 Å². The molecule has 1 aromatic rings. The van der Waals surface area contributed by atoms with Gasteiger partial charge in [0.2, 0.25) is 0 Å². The quantitative estimate of drug-likeness (QED) is 0.762. The van der Waals surface area contributed by atoms with Crippen LogP contribution in [0.1, 0.15) is 69.0 Å². The fraction of sp³-hybridized carbons (Fsp3) is 0.688. The topological polar surface area (TPSA) is 64.3 Å². The zero-order chi connectivity index (χ0) is 15.4. The van der Waals surface area contributed by atoms with Crippen molar-refractivity contribution in [3.8, 4) is 5.75 Å². The van der Waals surface area contributed by atoms with E-state index >= 15 is 0 Å². The number of ketones is 1. The van der Waals surface area contributed by atoms with Crippen LogP contribution in [0.15, 0.2) is 0 Å². The predicted molar refractivity (Wildman–Crippen MR) is 89.6 cm³/mol. The second-order valence-corrected chi connectivity index (χ2v) is 6.95. The summed E-state index contributed by atoms with van der Waals surface area (Å²) in [6.07, 6.45) is 6.71. The number of nitrogen functional groups attached to an aromatic ring is 1. The van der Waals surface area contributed by atoms with Gasteiger partial charge in [0.05, 0.1) is 16.7 Å². The van der Waals surface area contributed by atoms with Crippen LogP contribution in [-0.4, -0.2) is 17.9 Å². The van der Waals surface area contributed by atoms with Gasteiger partial charge in [-0.2, -0.15) is 0 Å². The Hall–Kier alpha value is -1.23. The summed E-state index contributed by atoms with van der Waals surface area (Å²) in [5, 5.41) is 4.48. The van der Waals surface area contributed by atoms with Crippen LogP contribution >= 0.6 is 11.3 Å². The summed E-state index contributed by atoms with van der Waals surface area (Å²) in [5.41, 5.74) is 6.66. The van der Waals surface area contributed by atoms with E-state index in [0.29, 0.717) is 28.8 Å². The lowest BCUT2D eigenvalue weighted by Gasteiger charge is -2.24. The Labute approximate surface area is 131 Å². The Bertz CT molecular complexity index is 491. The molecule has 0 aromatic carbocycles. The van der Waals surface area contributed by atoms with Crippen LogP contribution in [0.25, 0.3) is 0 Å². The second-order valence-electron chi connectivity index (χ2n) is 5.93. The summed E-state index contributed by atoms with van der Waals surface area (Å²) in [6.45, 7) is 5.81. The molecule has 4 nitrogen and oxygen atoms in total. The minimum absolute atomic E-state index is 0.0402. The van der Waals surface area contributed by atoms with Crippen molar-refractivity contribution in [3.63, 3.8) is 0 Å².